The molecule has 2 N–H and O–H groups in total. The molecule has 0 spiro atoms. The van der Waals surface area contributed by atoms with Crippen molar-refractivity contribution in [3.05, 3.63) is 33.9 Å². The van der Waals surface area contributed by atoms with E-state index in [4.69, 9.17) is 0 Å². The summed E-state index contributed by atoms with van der Waals surface area (Å²) in [5, 5.41) is 23.1. The van der Waals surface area contributed by atoms with E-state index < -0.39 is 4.92 Å². The van der Waals surface area contributed by atoms with Gasteiger partial charge in [0.2, 0.25) is 0 Å². The van der Waals surface area contributed by atoms with Gasteiger partial charge in [0.05, 0.1) is 11.5 Å². The summed E-state index contributed by atoms with van der Waals surface area (Å²) in [5.74, 6) is 0. The van der Waals surface area contributed by atoms with Gasteiger partial charge in [-0.3, -0.25) is 14.9 Å². The van der Waals surface area contributed by atoms with E-state index in [1.54, 1.807) is 0 Å². The van der Waals surface area contributed by atoms with Gasteiger partial charge >= 0.3 is 0 Å². The normalized spacial score (nSPS) is 16.1. The van der Waals surface area contributed by atoms with Crippen molar-refractivity contribution in [2.24, 2.45) is 5.41 Å². The average Bonchev–Trinajstić information content (AvgIpc) is 3.16. The van der Waals surface area contributed by atoms with Crippen LogP contribution in [0.1, 0.15) is 23.2 Å². The average molecular weight is 250 g/mol. The van der Waals surface area contributed by atoms with Crippen LogP contribution >= 0.6 is 0 Å². The lowest BCUT2D eigenvalue weighted by molar-refractivity contribution is -0.384. The molecule has 1 aliphatic rings. The maximum Gasteiger partial charge on any atom is 0.293 e. The lowest BCUT2D eigenvalue weighted by Gasteiger charge is -2.13. The number of nitrogens with zero attached hydrogens (tertiary/aromatic N) is 1. The van der Waals surface area contributed by atoms with Crippen LogP contribution in [-0.2, 0) is 0 Å². The van der Waals surface area contributed by atoms with Gasteiger partial charge in [0.15, 0.2) is 0 Å². The number of aldehydes is 1. The molecule has 1 fully saturated rings. The standard InChI is InChI=1S/C12H14N2O4/c15-6-9-1-2-10(11(5-9)14(17)18)13-7-12(8-16)3-4-12/h1-2,5-6,13,16H,3-4,7-8H2. The minimum atomic E-state index is -0.520. The maximum absolute atomic E-state index is 10.9. The molecule has 18 heavy (non-hydrogen) atoms. The van der Waals surface area contributed by atoms with Gasteiger partial charge in [-0.05, 0) is 25.0 Å². The molecule has 0 aliphatic heterocycles. The Hall–Kier alpha value is -1.95. The number of anilines is 1. The Balaban J connectivity index is 2.16. The number of hydrogen-bond donors (Lipinski definition) is 2. The highest BCUT2D eigenvalue weighted by Gasteiger charge is 2.41. The zero-order valence-corrected chi connectivity index (χ0v) is 9.76. The van der Waals surface area contributed by atoms with Crippen molar-refractivity contribution in [2.75, 3.05) is 18.5 Å². The summed E-state index contributed by atoms with van der Waals surface area (Å²) in [5.41, 5.74) is 0.409. The number of aliphatic hydroxyl groups is 1. The number of benzene rings is 1. The van der Waals surface area contributed by atoms with Crippen LogP contribution in [0.4, 0.5) is 11.4 Å². The van der Waals surface area contributed by atoms with E-state index in [0.717, 1.165) is 12.8 Å². The quantitative estimate of drug-likeness (QED) is 0.454. The monoisotopic (exact) mass is 250 g/mol. The zero-order valence-electron chi connectivity index (χ0n) is 9.76. The summed E-state index contributed by atoms with van der Waals surface area (Å²) < 4.78 is 0. The molecular weight excluding hydrogens is 236 g/mol. The first kappa shape index (κ1) is 12.5. The molecule has 1 aromatic rings. The minimum Gasteiger partial charge on any atom is -0.396 e. The van der Waals surface area contributed by atoms with Crippen LogP contribution < -0.4 is 5.32 Å². The Morgan fingerprint density at radius 3 is 2.72 bits per heavy atom. The largest absolute Gasteiger partial charge is 0.396 e. The predicted molar refractivity (Wildman–Crippen MR) is 65.7 cm³/mol. The van der Waals surface area contributed by atoms with Gasteiger partial charge in [0, 0.05) is 23.6 Å². The highest BCUT2D eigenvalue weighted by molar-refractivity contribution is 5.79. The number of hydrogen-bond acceptors (Lipinski definition) is 5. The van der Waals surface area contributed by atoms with Crippen LogP contribution in [0.2, 0.25) is 0 Å². The zero-order chi connectivity index (χ0) is 13.2. The Morgan fingerprint density at radius 1 is 1.50 bits per heavy atom. The van der Waals surface area contributed by atoms with E-state index in [2.05, 4.69) is 5.32 Å². The van der Waals surface area contributed by atoms with Crippen LogP contribution in [0, 0.1) is 15.5 Å². The van der Waals surface area contributed by atoms with Gasteiger partial charge in [0.1, 0.15) is 12.0 Å². The van der Waals surface area contributed by atoms with Gasteiger partial charge < -0.3 is 10.4 Å². The van der Waals surface area contributed by atoms with E-state index in [0.29, 0.717) is 18.5 Å². The highest BCUT2D eigenvalue weighted by Crippen LogP contribution is 2.45. The third kappa shape index (κ3) is 2.48. The van der Waals surface area contributed by atoms with E-state index in [-0.39, 0.29) is 23.3 Å². The molecule has 0 heterocycles. The molecule has 6 nitrogen and oxygen atoms in total. The van der Waals surface area contributed by atoms with E-state index >= 15 is 0 Å². The van der Waals surface area contributed by atoms with Gasteiger partial charge in [-0.15, -0.1) is 0 Å². The molecule has 96 valence electrons. The minimum absolute atomic E-state index is 0.0836. The summed E-state index contributed by atoms with van der Waals surface area (Å²) in [7, 11) is 0. The van der Waals surface area contributed by atoms with Crippen molar-refractivity contribution in [1.29, 1.82) is 0 Å². The summed E-state index contributed by atoms with van der Waals surface area (Å²) in [6, 6.07) is 4.30. The summed E-state index contributed by atoms with van der Waals surface area (Å²) in [4.78, 5) is 21.0. The van der Waals surface area contributed by atoms with Crippen LogP contribution in [0.15, 0.2) is 18.2 Å². The first-order chi connectivity index (χ1) is 8.60. The van der Waals surface area contributed by atoms with Crippen molar-refractivity contribution < 1.29 is 14.8 Å². The summed E-state index contributed by atoms with van der Waals surface area (Å²) in [6.45, 7) is 0.588. The lowest BCUT2D eigenvalue weighted by Crippen LogP contribution is -2.19. The second-order valence-corrected chi connectivity index (χ2v) is 4.66. The third-order valence-electron chi connectivity index (χ3n) is 3.30. The van der Waals surface area contributed by atoms with Gasteiger partial charge in [-0.1, -0.05) is 0 Å². The number of nitro benzene ring substituents is 1. The molecule has 0 radical (unpaired) electrons. The van der Waals surface area contributed by atoms with Crippen LogP contribution in [-0.4, -0.2) is 29.5 Å². The number of aliphatic hydroxyl groups excluding tert-OH is 1. The van der Waals surface area contributed by atoms with E-state index in [1.165, 1.54) is 18.2 Å². The summed E-state index contributed by atoms with van der Waals surface area (Å²) in [6.07, 6.45) is 2.43. The number of carbonyl (C=O) groups is 1. The maximum atomic E-state index is 10.9. The van der Waals surface area contributed by atoms with Crippen molar-refractivity contribution in [3.63, 3.8) is 0 Å². The molecule has 0 bridgehead atoms. The number of rotatable bonds is 6. The van der Waals surface area contributed by atoms with Crippen molar-refractivity contribution in [3.8, 4) is 0 Å². The Morgan fingerprint density at radius 2 is 2.22 bits per heavy atom. The predicted octanol–water partition coefficient (Wildman–Crippen LogP) is 1.59. The smallest absolute Gasteiger partial charge is 0.293 e. The van der Waals surface area contributed by atoms with Gasteiger partial charge in [-0.2, -0.15) is 0 Å². The van der Waals surface area contributed by atoms with E-state index in [1.807, 2.05) is 0 Å². The Kier molecular flexibility index (Phi) is 3.29. The van der Waals surface area contributed by atoms with E-state index in [9.17, 15) is 20.0 Å². The number of carbonyl (C=O) groups excluding carboxylic acids is 1. The topological polar surface area (TPSA) is 92.5 Å². The molecule has 0 saturated heterocycles. The van der Waals surface area contributed by atoms with Gasteiger partial charge in [-0.25, -0.2) is 0 Å². The number of nitro groups is 1. The van der Waals surface area contributed by atoms with Gasteiger partial charge in [0.25, 0.3) is 5.69 Å². The fourth-order valence-corrected chi connectivity index (χ4v) is 1.77. The molecule has 6 heteroatoms. The first-order valence-electron chi connectivity index (χ1n) is 5.69. The second-order valence-electron chi connectivity index (χ2n) is 4.66. The fraction of sp³-hybridized carbons (Fsp3) is 0.417. The van der Waals surface area contributed by atoms with Crippen LogP contribution in [0.25, 0.3) is 0 Å². The molecule has 0 unspecified atom stereocenters. The number of nitrogens with one attached hydrogen (secondary N) is 1. The molecule has 0 atom stereocenters. The van der Waals surface area contributed by atoms with Crippen molar-refractivity contribution >= 4 is 17.7 Å². The Labute approximate surface area is 104 Å². The second kappa shape index (κ2) is 4.73. The molecular formula is C12H14N2O4. The first-order valence-corrected chi connectivity index (χ1v) is 5.69. The molecule has 1 saturated carbocycles. The molecule has 0 amide bonds. The van der Waals surface area contributed by atoms with Crippen molar-refractivity contribution in [1.82, 2.24) is 0 Å². The fourth-order valence-electron chi connectivity index (χ4n) is 1.77. The SMILES string of the molecule is O=Cc1ccc(NCC2(CO)CC2)c([N+](=O)[O-])c1. The molecule has 1 aromatic carbocycles. The van der Waals surface area contributed by atoms with Crippen LogP contribution in [0.3, 0.4) is 0 Å². The molecule has 2 rings (SSSR count). The summed E-state index contributed by atoms with van der Waals surface area (Å²) >= 11 is 0. The molecule has 1 aliphatic carbocycles. The van der Waals surface area contributed by atoms with Crippen molar-refractivity contribution in [2.45, 2.75) is 12.8 Å². The highest BCUT2D eigenvalue weighted by atomic mass is 16.6. The lowest BCUT2D eigenvalue weighted by atomic mass is 10.1. The Bertz CT molecular complexity index is 483. The third-order valence-corrected chi connectivity index (χ3v) is 3.30. The molecule has 0 aromatic heterocycles. The van der Waals surface area contributed by atoms with Crippen LogP contribution in [0.5, 0.6) is 0 Å².